The summed E-state index contributed by atoms with van der Waals surface area (Å²) in [6, 6.07) is 0.474. The van der Waals surface area contributed by atoms with Crippen LogP contribution in [0.3, 0.4) is 0 Å². The van der Waals surface area contributed by atoms with E-state index in [9.17, 15) is 0 Å². The van der Waals surface area contributed by atoms with Crippen molar-refractivity contribution in [3.63, 3.8) is 0 Å². The number of anilines is 1. The first-order valence-corrected chi connectivity index (χ1v) is 7.40. The molecule has 0 aromatic carbocycles. The van der Waals surface area contributed by atoms with Crippen LogP contribution >= 0.6 is 0 Å². The van der Waals surface area contributed by atoms with Crippen molar-refractivity contribution in [2.75, 3.05) is 19.0 Å². The standard InChI is InChI=1S/C15H29N3O/c1-13(2)7-5-8-14(3)17-15-16-9-11-18(15)10-6-12-19-4/h9,11,13-14H,5-8,10,12H2,1-4H3,(H,16,17). The molecule has 0 spiro atoms. The van der Waals surface area contributed by atoms with E-state index in [0.717, 1.165) is 31.4 Å². The molecule has 1 aromatic heterocycles. The predicted octanol–water partition coefficient (Wildman–Crippen LogP) is 3.55. The fourth-order valence-corrected chi connectivity index (χ4v) is 2.13. The molecule has 0 radical (unpaired) electrons. The Balaban J connectivity index is 2.32. The monoisotopic (exact) mass is 267 g/mol. The third-order valence-electron chi connectivity index (χ3n) is 3.26. The summed E-state index contributed by atoms with van der Waals surface area (Å²) in [6.45, 7) is 8.53. The second-order valence-corrected chi connectivity index (χ2v) is 5.66. The average Bonchev–Trinajstić information content (AvgIpc) is 2.76. The summed E-state index contributed by atoms with van der Waals surface area (Å²) in [6.07, 6.45) is 8.67. The maximum atomic E-state index is 5.08. The molecule has 0 saturated carbocycles. The van der Waals surface area contributed by atoms with Gasteiger partial charge in [-0.05, 0) is 25.7 Å². The number of hydrogen-bond donors (Lipinski definition) is 1. The Labute approximate surface area is 117 Å². The molecule has 1 atom stereocenters. The minimum atomic E-state index is 0.474. The van der Waals surface area contributed by atoms with Crippen LogP contribution in [0.5, 0.6) is 0 Å². The summed E-state index contributed by atoms with van der Waals surface area (Å²) < 4.78 is 7.25. The third-order valence-corrected chi connectivity index (χ3v) is 3.26. The van der Waals surface area contributed by atoms with Gasteiger partial charge in [0.1, 0.15) is 0 Å². The Morgan fingerprint density at radius 3 is 2.74 bits per heavy atom. The van der Waals surface area contributed by atoms with E-state index in [1.807, 2.05) is 12.4 Å². The Kier molecular flexibility index (Phi) is 7.56. The van der Waals surface area contributed by atoms with Gasteiger partial charge in [-0.2, -0.15) is 0 Å². The maximum absolute atomic E-state index is 5.08. The van der Waals surface area contributed by atoms with Crippen molar-refractivity contribution in [1.82, 2.24) is 9.55 Å². The highest BCUT2D eigenvalue weighted by Crippen LogP contribution is 2.12. The molecule has 1 rings (SSSR count). The van der Waals surface area contributed by atoms with E-state index < -0.39 is 0 Å². The fourth-order valence-electron chi connectivity index (χ4n) is 2.13. The summed E-state index contributed by atoms with van der Waals surface area (Å²) in [4.78, 5) is 4.39. The summed E-state index contributed by atoms with van der Waals surface area (Å²) in [5, 5.41) is 3.50. The molecule has 110 valence electrons. The van der Waals surface area contributed by atoms with E-state index in [1.165, 1.54) is 19.3 Å². The molecule has 0 saturated heterocycles. The molecule has 19 heavy (non-hydrogen) atoms. The van der Waals surface area contributed by atoms with Crippen molar-refractivity contribution in [3.8, 4) is 0 Å². The largest absolute Gasteiger partial charge is 0.385 e. The molecule has 0 aliphatic heterocycles. The van der Waals surface area contributed by atoms with Crippen molar-refractivity contribution in [1.29, 1.82) is 0 Å². The van der Waals surface area contributed by atoms with Gasteiger partial charge in [-0.3, -0.25) is 0 Å². The van der Waals surface area contributed by atoms with E-state index in [2.05, 4.69) is 35.6 Å². The molecule has 0 bridgehead atoms. The van der Waals surface area contributed by atoms with Crippen LogP contribution in [0.2, 0.25) is 0 Å². The summed E-state index contributed by atoms with van der Waals surface area (Å²) >= 11 is 0. The highest BCUT2D eigenvalue weighted by Gasteiger charge is 2.07. The summed E-state index contributed by atoms with van der Waals surface area (Å²) in [5.74, 6) is 1.77. The van der Waals surface area contributed by atoms with Gasteiger partial charge in [0, 0.05) is 38.7 Å². The minimum absolute atomic E-state index is 0.474. The van der Waals surface area contributed by atoms with Crippen LogP contribution in [0.1, 0.15) is 46.5 Å². The van der Waals surface area contributed by atoms with Gasteiger partial charge in [-0.25, -0.2) is 4.98 Å². The van der Waals surface area contributed by atoms with Crippen LogP contribution in [0.15, 0.2) is 12.4 Å². The number of aryl methyl sites for hydroxylation is 1. The Morgan fingerprint density at radius 1 is 1.26 bits per heavy atom. The second kappa shape index (κ2) is 8.97. The number of aromatic nitrogens is 2. The zero-order chi connectivity index (χ0) is 14.1. The fraction of sp³-hybridized carbons (Fsp3) is 0.800. The summed E-state index contributed by atoms with van der Waals surface area (Å²) in [5.41, 5.74) is 0. The van der Waals surface area contributed by atoms with Crippen molar-refractivity contribution in [2.24, 2.45) is 5.92 Å². The molecule has 1 heterocycles. The van der Waals surface area contributed by atoms with E-state index in [4.69, 9.17) is 4.74 Å². The molecule has 1 unspecified atom stereocenters. The number of ether oxygens (including phenoxy) is 1. The van der Waals surface area contributed by atoms with Gasteiger partial charge in [0.25, 0.3) is 0 Å². The van der Waals surface area contributed by atoms with Gasteiger partial charge in [-0.15, -0.1) is 0 Å². The van der Waals surface area contributed by atoms with Gasteiger partial charge < -0.3 is 14.6 Å². The van der Waals surface area contributed by atoms with Crippen LogP contribution < -0.4 is 5.32 Å². The van der Waals surface area contributed by atoms with E-state index in [0.29, 0.717) is 6.04 Å². The molecule has 0 aliphatic carbocycles. The number of hydrogen-bond acceptors (Lipinski definition) is 3. The van der Waals surface area contributed by atoms with Crippen LogP contribution in [0.25, 0.3) is 0 Å². The molecule has 0 aliphatic rings. The second-order valence-electron chi connectivity index (χ2n) is 5.66. The Bertz CT molecular complexity index is 336. The number of rotatable bonds is 10. The Morgan fingerprint density at radius 2 is 2.05 bits per heavy atom. The van der Waals surface area contributed by atoms with Crippen LogP contribution in [-0.2, 0) is 11.3 Å². The van der Waals surface area contributed by atoms with Crippen LogP contribution in [0.4, 0.5) is 5.95 Å². The topological polar surface area (TPSA) is 39.1 Å². The quantitative estimate of drug-likeness (QED) is 0.659. The van der Waals surface area contributed by atoms with E-state index in [-0.39, 0.29) is 0 Å². The molecular weight excluding hydrogens is 238 g/mol. The predicted molar refractivity (Wildman–Crippen MR) is 80.5 cm³/mol. The number of nitrogens with zero attached hydrogens (tertiary/aromatic N) is 2. The molecule has 1 N–H and O–H groups in total. The normalized spacial score (nSPS) is 12.9. The van der Waals surface area contributed by atoms with Crippen molar-refractivity contribution < 1.29 is 4.74 Å². The smallest absolute Gasteiger partial charge is 0.202 e. The maximum Gasteiger partial charge on any atom is 0.202 e. The lowest BCUT2D eigenvalue weighted by Crippen LogP contribution is -2.18. The third kappa shape index (κ3) is 6.62. The van der Waals surface area contributed by atoms with E-state index in [1.54, 1.807) is 7.11 Å². The lowest BCUT2D eigenvalue weighted by Gasteiger charge is -2.16. The van der Waals surface area contributed by atoms with Gasteiger partial charge in [0.2, 0.25) is 5.95 Å². The first-order chi connectivity index (χ1) is 9.13. The first-order valence-electron chi connectivity index (χ1n) is 7.40. The molecule has 1 aromatic rings. The lowest BCUT2D eigenvalue weighted by atomic mass is 10.0. The zero-order valence-electron chi connectivity index (χ0n) is 12.9. The number of methoxy groups -OCH3 is 1. The zero-order valence-corrected chi connectivity index (χ0v) is 12.9. The van der Waals surface area contributed by atoms with Crippen molar-refractivity contribution in [3.05, 3.63) is 12.4 Å². The highest BCUT2D eigenvalue weighted by molar-refractivity contribution is 5.27. The Hall–Kier alpha value is -1.03. The van der Waals surface area contributed by atoms with Gasteiger partial charge >= 0.3 is 0 Å². The molecule has 4 heteroatoms. The first kappa shape index (κ1) is 16.0. The van der Waals surface area contributed by atoms with E-state index >= 15 is 0 Å². The van der Waals surface area contributed by atoms with Crippen molar-refractivity contribution in [2.45, 2.75) is 59.0 Å². The van der Waals surface area contributed by atoms with Crippen LogP contribution in [-0.4, -0.2) is 29.3 Å². The average molecular weight is 267 g/mol. The molecule has 0 amide bonds. The van der Waals surface area contributed by atoms with Gasteiger partial charge in [0.05, 0.1) is 0 Å². The van der Waals surface area contributed by atoms with Crippen LogP contribution in [0, 0.1) is 5.92 Å². The van der Waals surface area contributed by atoms with Gasteiger partial charge in [0.15, 0.2) is 0 Å². The minimum Gasteiger partial charge on any atom is -0.385 e. The van der Waals surface area contributed by atoms with Gasteiger partial charge in [-0.1, -0.05) is 26.7 Å². The number of nitrogens with one attached hydrogen (secondary N) is 1. The summed E-state index contributed by atoms with van der Waals surface area (Å²) in [7, 11) is 1.74. The molecule has 0 fully saturated rings. The SMILES string of the molecule is COCCCn1ccnc1NC(C)CCCC(C)C. The lowest BCUT2D eigenvalue weighted by molar-refractivity contribution is 0.190. The number of imidazole rings is 1. The highest BCUT2D eigenvalue weighted by atomic mass is 16.5. The molecule has 4 nitrogen and oxygen atoms in total. The molecular formula is C15H29N3O. The van der Waals surface area contributed by atoms with Crippen molar-refractivity contribution >= 4 is 5.95 Å².